The Bertz CT molecular complexity index is 820. The fourth-order valence-corrected chi connectivity index (χ4v) is 3.96. The number of likely N-dealkylation sites (tertiary alicyclic amines) is 1. The third-order valence-electron chi connectivity index (χ3n) is 5.75. The summed E-state index contributed by atoms with van der Waals surface area (Å²) in [6, 6.07) is 4.62. The Morgan fingerprint density at radius 3 is 2.62 bits per heavy atom. The molecule has 0 radical (unpaired) electrons. The standard InChI is InChI=1S/C22H29N3O4/c1-3-4-5-6-11-23-19(26)16-8-7-12-25(14-16)20(27)15-9-10-17-18(13-15)22(29)24(2)21(17)28/h9-10,13,16H,3-8,11-12,14H2,1-2H3,(H,23,26). The van der Waals surface area contributed by atoms with E-state index >= 15 is 0 Å². The quantitative estimate of drug-likeness (QED) is 0.564. The van der Waals surface area contributed by atoms with Gasteiger partial charge in [-0.1, -0.05) is 26.2 Å². The normalized spacial score (nSPS) is 18.8. The van der Waals surface area contributed by atoms with Crippen molar-refractivity contribution < 1.29 is 19.2 Å². The minimum absolute atomic E-state index is 0.00958. The van der Waals surface area contributed by atoms with E-state index in [-0.39, 0.29) is 29.2 Å². The molecule has 0 aromatic heterocycles. The highest BCUT2D eigenvalue weighted by Gasteiger charge is 2.34. The number of nitrogens with one attached hydrogen (secondary N) is 1. The van der Waals surface area contributed by atoms with Crippen LogP contribution in [0.3, 0.4) is 0 Å². The monoisotopic (exact) mass is 399 g/mol. The second-order valence-corrected chi connectivity index (χ2v) is 7.87. The van der Waals surface area contributed by atoms with Crippen LogP contribution in [0.2, 0.25) is 0 Å². The van der Waals surface area contributed by atoms with Crippen LogP contribution in [0.15, 0.2) is 18.2 Å². The van der Waals surface area contributed by atoms with Crippen molar-refractivity contribution in [1.82, 2.24) is 15.1 Å². The molecule has 1 aromatic carbocycles. The molecule has 0 saturated carbocycles. The number of hydrogen-bond acceptors (Lipinski definition) is 4. The van der Waals surface area contributed by atoms with Crippen molar-refractivity contribution in [2.24, 2.45) is 5.92 Å². The zero-order valence-corrected chi connectivity index (χ0v) is 17.2. The Morgan fingerprint density at radius 1 is 1.10 bits per heavy atom. The van der Waals surface area contributed by atoms with Crippen molar-refractivity contribution in [3.8, 4) is 0 Å². The summed E-state index contributed by atoms with van der Waals surface area (Å²) in [6.07, 6.45) is 5.96. The van der Waals surface area contributed by atoms with E-state index in [1.54, 1.807) is 11.0 Å². The Hall–Kier alpha value is -2.70. The Morgan fingerprint density at radius 2 is 1.86 bits per heavy atom. The van der Waals surface area contributed by atoms with Gasteiger partial charge >= 0.3 is 0 Å². The minimum atomic E-state index is -0.390. The highest BCUT2D eigenvalue weighted by Crippen LogP contribution is 2.25. The lowest BCUT2D eigenvalue weighted by molar-refractivity contribution is -0.126. The lowest BCUT2D eigenvalue weighted by Gasteiger charge is -2.32. The van der Waals surface area contributed by atoms with Gasteiger partial charge in [0.15, 0.2) is 0 Å². The molecule has 4 amide bonds. The molecule has 7 heteroatoms. The predicted octanol–water partition coefficient (Wildman–Crippen LogP) is 2.46. The van der Waals surface area contributed by atoms with Gasteiger partial charge in [0.05, 0.1) is 17.0 Å². The minimum Gasteiger partial charge on any atom is -0.356 e. The van der Waals surface area contributed by atoms with Crippen molar-refractivity contribution in [1.29, 1.82) is 0 Å². The highest BCUT2D eigenvalue weighted by atomic mass is 16.2. The van der Waals surface area contributed by atoms with Crippen LogP contribution in [0, 0.1) is 5.92 Å². The van der Waals surface area contributed by atoms with Crippen LogP contribution in [0.25, 0.3) is 0 Å². The number of carbonyl (C=O) groups excluding carboxylic acids is 4. The molecule has 3 rings (SSSR count). The number of piperidine rings is 1. The lowest BCUT2D eigenvalue weighted by Crippen LogP contribution is -2.45. The topological polar surface area (TPSA) is 86.8 Å². The SMILES string of the molecule is CCCCCCNC(=O)C1CCCN(C(=O)c2ccc3c(c2)C(=O)N(C)C3=O)C1. The van der Waals surface area contributed by atoms with E-state index in [0.717, 1.165) is 37.0 Å². The van der Waals surface area contributed by atoms with Crippen molar-refractivity contribution in [3.63, 3.8) is 0 Å². The molecule has 2 heterocycles. The van der Waals surface area contributed by atoms with Gasteiger partial charge in [0.25, 0.3) is 17.7 Å². The molecule has 1 atom stereocenters. The molecule has 1 saturated heterocycles. The van der Waals surface area contributed by atoms with E-state index in [0.29, 0.717) is 30.8 Å². The van der Waals surface area contributed by atoms with E-state index in [1.807, 2.05) is 0 Å². The summed E-state index contributed by atoms with van der Waals surface area (Å²) in [5, 5.41) is 3.00. The molecule has 29 heavy (non-hydrogen) atoms. The Labute approximate surface area is 171 Å². The van der Waals surface area contributed by atoms with Crippen molar-refractivity contribution in [2.45, 2.75) is 45.4 Å². The molecule has 1 N–H and O–H groups in total. The second kappa shape index (κ2) is 9.20. The highest BCUT2D eigenvalue weighted by molar-refractivity contribution is 6.21. The zero-order valence-electron chi connectivity index (χ0n) is 17.2. The van der Waals surface area contributed by atoms with Crippen LogP contribution in [0.5, 0.6) is 0 Å². The van der Waals surface area contributed by atoms with Crippen LogP contribution in [0.4, 0.5) is 0 Å². The van der Waals surface area contributed by atoms with E-state index in [2.05, 4.69) is 12.2 Å². The zero-order chi connectivity index (χ0) is 21.0. The summed E-state index contributed by atoms with van der Waals surface area (Å²) in [5.74, 6) is -1.14. The molecule has 1 aromatic rings. The van der Waals surface area contributed by atoms with Crippen LogP contribution in [-0.2, 0) is 4.79 Å². The molecule has 0 bridgehead atoms. The maximum absolute atomic E-state index is 13.0. The van der Waals surface area contributed by atoms with E-state index in [1.165, 1.54) is 25.6 Å². The predicted molar refractivity (Wildman–Crippen MR) is 109 cm³/mol. The number of rotatable bonds is 7. The molecule has 2 aliphatic rings. The van der Waals surface area contributed by atoms with Gasteiger partial charge in [-0.2, -0.15) is 0 Å². The molecule has 156 valence electrons. The molecular weight excluding hydrogens is 370 g/mol. The molecule has 2 aliphatic heterocycles. The van der Waals surface area contributed by atoms with Gasteiger partial charge in [-0.05, 0) is 37.5 Å². The Kier molecular flexibility index (Phi) is 6.67. The van der Waals surface area contributed by atoms with E-state index in [4.69, 9.17) is 0 Å². The maximum atomic E-state index is 13.0. The summed E-state index contributed by atoms with van der Waals surface area (Å²) in [6.45, 7) is 3.80. The molecule has 7 nitrogen and oxygen atoms in total. The number of carbonyl (C=O) groups is 4. The van der Waals surface area contributed by atoms with E-state index in [9.17, 15) is 19.2 Å². The van der Waals surface area contributed by atoms with Gasteiger partial charge < -0.3 is 10.2 Å². The third kappa shape index (κ3) is 4.49. The first-order valence-corrected chi connectivity index (χ1v) is 10.5. The summed E-state index contributed by atoms with van der Waals surface area (Å²) in [5.41, 5.74) is 0.968. The fourth-order valence-electron chi connectivity index (χ4n) is 3.96. The lowest BCUT2D eigenvalue weighted by atomic mass is 9.96. The maximum Gasteiger partial charge on any atom is 0.261 e. The second-order valence-electron chi connectivity index (χ2n) is 7.87. The van der Waals surface area contributed by atoms with Gasteiger partial charge in [0.2, 0.25) is 5.91 Å². The Balaban J connectivity index is 1.61. The number of amides is 4. The van der Waals surface area contributed by atoms with Gasteiger partial charge in [-0.15, -0.1) is 0 Å². The number of unbranched alkanes of at least 4 members (excludes halogenated alkanes) is 3. The number of benzene rings is 1. The van der Waals surface area contributed by atoms with Gasteiger partial charge in [0, 0.05) is 32.2 Å². The number of fused-ring (bicyclic) bond motifs is 1. The molecule has 0 spiro atoms. The molecular formula is C22H29N3O4. The smallest absolute Gasteiger partial charge is 0.261 e. The largest absolute Gasteiger partial charge is 0.356 e. The first-order valence-electron chi connectivity index (χ1n) is 10.5. The van der Waals surface area contributed by atoms with Crippen molar-refractivity contribution >= 4 is 23.6 Å². The summed E-state index contributed by atoms with van der Waals surface area (Å²) in [4.78, 5) is 52.4. The van der Waals surface area contributed by atoms with Crippen molar-refractivity contribution in [2.75, 3.05) is 26.7 Å². The van der Waals surface area contributed by atoms with Crippen LogP contribution in [0.1, 0.15) is 76.5 Å². The summed E-state index contributed by atoms with van der Waals surface area (Å²) < 4.78 is 0. The number of imide groups is 1. The molecule has 0 aliphatic carbocycles. The number of hydrogen-bond donors (Lipinski definition) is 1. The average molecular weight is 399 g/mol. The average Bonchev–Trinajstić information content (AvgIpc) is 2.96. The summed E-state index contributed by atoms with van der Waals surface area (Å²) in [7, 11) is 1.43. The van der Waals surface area contributed by atoms with E-state index < -0.39 is 5.91 Å². The van der Waals surface area contributed by atoms with Crippen LogP contribution in [-0.4, -0.2) is 60.1 Å². The van der Waals surface area contributed by atoms with Crippen molar-refractivity contribution in [3.05, 3.63) is 34.9 Å². The van der Waals surface area contributed by atoms with Gasteiger partial charge in [0.1, 0.15) is 0 Å². The van der Waals surface area contributed by atoms with Gasteiger partial charge in [-0.25, -0.2) is 0 Å². The van der Waals surface area contributed by atoms with Crippen LogP contribution < -0.4 is 5.32 Å². The molecule has 1 fully saturated rings. The van der Waals surface area contributed by atoms with Gasteiger partial charge in [-0.3, -0.25) is 24.1 Å². The molecule has 1 unspecified atom stereocenters. The first kappa shape index (κ1) is 21.0. The fraction of sp³-hybridized carbons (Fsp3) is 0.545. The van der Waals surface area contributed by atoms with Crippen LogP contribution >= 0.6 is 0 Å². The third-order valence-corrected chi connectivity index (χ3v) is 5.75. The first-order chi connectivity index (χ1) is 13.9. The summed E-state index contributed by atoms with van der Waals surface area (Å²) >= 11 is 0. The number of nitrogens with zero attached hydrogens (tertiary/aromatic N) is 2.